The molecular weight excluding hydrogens is 807 g/mol. The molecule has 0 spiro atoms. The summed E-state index contributed by atoms with van der Waals surface area (Å²) in [5.74, 6) is 2.18. The Bertz CT molecular complexity index is 1900. The van der Waals surface area contributed by atoms with Crippen LogP contribution in [0.2, 0.25) is 0 Å². The number of ether oxygens (including phenoxy) is 1. The molecule has 2 aliphatic heterocycles. The fourth-order valence-corrected chi connectivity index (χ4v) is 7.33. The molecule has 2 saturated heterocycles. The smallest absolute Gasteiger partial charge is 0.407 e. The molecule has 0 aliphatic carbocycles. The van der Waals surface area contributed by atoms with Gasteiger partial charge >= 0.3 is 6.09 Å². The number of methoxy groups -OCH3 is 1. The number of nitrogens with zero attached hydrogens (tertiary/aromatic N) is 4. The van der Waals surface area contributed by atoms with Crippen LogP contribution >= 0.6 is 54.0 Å². The first-order valence-corrected chi connectivity index (χ1v) is 19.3. The van der Waals surface area contributed by atoms with Gasteiger partial charge < -0.3 is 29.8 Å². The highest BCUT2D eigenvalue weighted by Crippen LogP contribution is 2.42. The van der Waals surface area contributed by atoms with Gasteiger partial charge in [0.1, 0.15) is 17.7 Å². The van der Waals surface area contributed by atoms with Gasteiger partial charge in [-0.3, -0.25) is 9.59 Å². The van der Waals surface area contributed by atoms with Crippen molar-refractivity contribution in [1.82, 2.24) is 35.1 Å². The number of rotatable bonds is 9. The summed E-state index contributed by atoms with van der Waals surface area (Å²) in [5, 5.41) is 2.66. The van der Waals surface area contributed by atoms with Crippen molar-refractivity contribution in [3.63, 3.8) is 0 Å². The number of imidazole rings is 2. The van der Waals surface area contributed by atoms with Gasteiger partial charge in [-0.05, 0) is 67.1 Å². The maximum absolute atomic E-state index is 13.1. The maximum Gasteiger partial charge on any atom is 0.407 e. The fraction of sp³-hybridized carbons (Fsp3) is 0.512. The zero-order valence-corrected chi connectivity index (χ0v) is 39.7. The normalized spacial score (nSPS) is 17.7. The summed E-state index contributed by atoms with van der Waals surface area (Å²) >= 11 is 0. The van der Waals surface area contributed by atoms with Gasteiger partial charge in [0.2, 0.25) is 11.8 Å². The summed E-state index contributed by atoms with van der Waals surface area (Å²) < 4.78 is 4.66. The van der Waals surface area contributed by atoms with Gasteiger partial charge in [-0.1, -0.05) is 103 Å². The molecule has 322 valence electrons. The zero-order valence-electron chi connectivity index (χ0n) is 35.7. The molecular formula is C43H67N7O4S4. The number of benzene rings is 2. The highest BCUT2D eigenvalue weighted by molar-refractivity contribution is 7.59. The van der Waals surface area contributed by atoms with E-state index in [1.807, 2.05) is 43.7 Å². The minimum absolute atomic E-state index is 0. The Hall–Kier alpha value is -3.53. The predicted molar refractivity (Wildman–Crippen MR) is 254 cm³/mol. The van der Waals surface area contributed by atoms with Crippen molar-refractivity contribution in [3.05, 3.63) is 83.8 Å². The highest BCUT2D eigenvalue weighted by atomic mass is 32.1. The standard InChI is InChI=1S/C26H31N3O.C17H28N4O3.4H2S/c1-17(2)19(4)26(30)29-15-5-6-24(29)25-27-16-23(28-25)22-13-11-21(12-14-22)20-9-7-18(3)8-10-20;1-10(2)13(20-16(23)24-6)15(22)21-9-17(4,5)7-12(21)14-18-8-11(3)19-14;;;;/h7-14,16-17,19,24H,5-6,15H2,1-4H3,(H,27,28);8,10,12-13H,7,9H2,1-6H3,(H,18,19)(H,20,23);4*1H2/t19-,24-;12-,13-;;;;/m00..../s1. The van der Waals surface area contributed by atoms with Crippen LogP contribution in [0.4, 0.5) is 4.79 Å². The average Bonchev–Trinajstić information content (AvgIpc) is 3.96. The monoisotopic (exact) mass is 873 g/mol. The molecule has 11 nitrogen and oxygen atoms in total. The van der Waals surface area contributed by atoms with Crippen molar-refractivity contribution in [3.8, 4) is 22.4 Å². The second-order valence-electron chi connectivity index (χ2n) is 16.5. The molecule has 2 aromatic heterocycles. The van der Waals surface area contributed by atoms with E-state index >= 15 is 0 Å². The summed E-state index contributed by atoms with van der Waals surface area (Å²) in [7, 11) is 1.30. The van der Waals surface area contributed by atoms with Gasteiger partial charge in [0, 0.05) is 30.9 Å². The maximum atomic E-state index is 13.1. The van der Waals surface area contributed by atoms with Crippen LogP contribution in [0, 0.1) is 37.0 Å². The molecule has 2 aliphatic rings. The number of aromatic amines is 2. The Balaban J connectivity index is 0.000000555. The van der Waals surface area contributed by atoms with Crippen molar-refractivity contribution in [2.45, 2.75) is 99.7 Å². The third-order valence-electron chi connectivity index (χ3n) is 10.9. The van der Waals surface area contributed by atoms with Crippen LogP contribution in [-0.2, 0) is 14.3 Å². The SMILES string of the molecule is COC(=O)N[C@H](C(=O)N1CC(C)(C)C[C@H]1c1ncc(C)[nH]1)C(C)C.Cc1ccc(-c2ccc(-c3cnc([C@@H]4CCCN4C(=O)[C@@H](C)C(C)C)[nH]3)cc2)cc1.S.S.S.S. The number of H-pyrrole nitrogens is 2. The fourth-order valence-electron chi connectivity index (χ4n) is 7.33. The number of alkyl carbamates (subject to hydrolysis) is 1. The van der Waals surface area contributed by atoms with Gasteiger partial charge in [0.25, 0.3) is 0 Å². The Labute approximate surface area is 373 Å². The van der Waals surface area contributed by atoms with E-state index in [1.54, 1.807) is 6.20 Å². The van der Waals surface area contributed by atoms with Crippen LogP contribution < -0.4 is 5.32 Å². The molecule has 4 atom stereocenters. The third kappa shape index (κ3) is 12.7. The van der Waals surface area contributed by atoms with Crippen molar-refractivity contribution >= 4 is 71.9 Å². The molecule has 2 aromatic carbocycles. The highest BCUT2D eigenvalue weighted by Gasteiger charge is 2.44. The van der Waals surface area contributed by atoms with Gasteiger partial charge in [-0.2, -0.15) is 54.0 Å². The number of aromatic nitrogens is 4. The molecule has 0 unspecified atom stereocenters. The van der Waals surface area contributed by atoms with Gasteiger partial charge in [-0.25, -0.2) is 14.8 Å². The molecule has 15 heteroatoms. The topological polar surface area (TPSA) is 136 Å². The zero-order chi connectivity index (χ0) is 39.3. The number of nitrogens with one attached hydrogen (secondary N) is 3. The van der Waals surface area contributed by atoms with Gasteiger partial charge in [-0.15, -0.1) is 0 Å². The molecule has 0 saturated carbocycles. The second kappa shape index (κ2) is 22.7. The summed E-state index contributed by atoms with van der Waals surface area (Å²) in [6, 6.07) is 16.5. The lowest BCUT2D eigenvalue weighted by Crippen LogP contribution is -2.51. The Morgan fingerprint density at radius 2 is 1.31 bits per heavy atom. The van der Waals surface area contributed by atoms with E-state index in [4.69, 9.17) is 0 Å². The number of carbonyl (C=O) groups excluding carboxylic acids is 3. The second-order valence-corrected chi connectivity index (χ2v) is 16.5. The van der Waals surface area contributed by atoms with Crippen molar-refractivity contribution in [2.75, 3.05) is 20.2 Å². The quantitative estimate of drug-likeness (QED) is 0.154. The van der Waals surface area contributed by atoms with Crippen LogP contribution in [0.15, 0.2) is 60.9 Å². The lowest BCUT2D eigenvalue weighted by molar-refractivity contribution is -0.137. The number of likely N-dealkylation sites (tertiary alicyclic amines) is 2. The van der Waals surface area contributed by atoms with Gasteiger partial charge in [0.15, 0.2) is 0 Å². The largest absolute Gasteiger partial charge is 0.453 e. The molecule has 3 N–H and O–H groups in total. The van der Waals surface area contributed by atoms with E-state index in [1.165, 1.54) is 23.8 Å². The van der Waals surface area contributed by atoms with E-state index < -0.39 is 12.1 Å². The molecule has 2 fully saturated rings. The number of aryl methyl sites for hydroxylation is 2. The summed E-state index contributed by atoms with van der Waals surface area (Å²) in [6.07, 6.45) is 5.90. The average molecular weight is 874 g/mol. The van der Waals surface area contributed by atoms with Crippen LogP contribution in [-0.4, -0.2) is 73.9 Å². The number of hydrogen-bond donors (Lipinski definition) is 3. The van der Waals surface area contributed by atoms with E-state index in [0.29, 0.717) is 12.5 Å². The first-order chi connectivity index (χ1) is 25.6. The Morgan fingerprint density at radius 1 is 0.759 bits per heavy atom. The minimum Gasteiger partial charge on any atom is -0.453 e. The molecule has 3 amide bonds. The Morgan fingerprint density at radius 3 is 1.84 bits per heavy atom. The Kier molecular flexibility index (Phi) is 20.6. The summed E-state index contributed by atoms with van der Waals surface area (Å²) in [4.78, 5) is 57.3. The minimum atomic E-state index is -0.620. The first-order valence-electron chi connectivity index (χ1n) is 19.3. The van der Waals surface area contributed by atoms with Crippen molar-refractivity contribution in [2.24, 2.45) is 23.2 Å². The molecule has 0 radical (unpaired) electrons. The molecule has 0 bridgehead atoms. The van der Waals surface area contributed by atoms with Crippen LogP contribution in [0.1, 0.15) is 103 Å². The van der Waals surface area contributed by atoms with Crippen LogP contribution in [0.25, 0.3) is 22.4 Å². The first kappa shape index (κ1) is 52.5. The summed E-state index contributed by atoms with van der Waals surface area (Å²) in [5.41, 5.74) is 6.75. The van der Waals surface area contributed by atoms with Crippen LogP contribution in [0.3, 0.4) is 0 Å². The lowest BCUT2D eigenvalue weighted by Gasteiger charge is -2.30. The number of hydrogen-bond acceptors (Lipinski definition) is 6. The molecule has 4 heterocycles. The molecule has 4 aromatic rings. The molecule has 6 rings (SSSR count). The van der Waals surface area contributed by atoms with Crippen molar-refractivity contribution < 1.29 is 19.1 Å². The van der Waals surface area contributed by atoms with E-state index in [-0.39, 0.29) is 95.1 Å². The lowest BCUT2D eigenvalue weighted by atomic mass is 9.90. The van der Waals surface area contributed by atoms with E-state index in [9.17, 15) is 14.4 Å². The van der Waals surface area contributed by atoms with E-state index in [2.05, 4.69) is 113 Å². The molecule has 58 heavy (non-hydrogen) atoms. The predicted octanol–water partition coefficient (Wildman–Crippen LogP) is 8.86. The van der Waals surface area contributed by atoms with Crippen molar-refractivity contribution in [1.29, 1.82) is 0 Å². The van der Waals surface area contributed by atoms with Crippen LogP contribution in [0.5, 0.6) is 0 Å². The van der Waals surface area contributed by atoms with Gasteiger partial charge in [0.05, 0.1) is 31.1 Å². The summed E-state index contributed by atoms with van der Waals surface area (Å²) in [6.45, 7) is 19.8. The number of amides is 3. The van der Waals surface area contributed by atoms with E-state index in [0.717, 1.165) is 54.4 Å². The number of carbonyl (C=O) groups is 3. The third-order valence-corrected chi connectivity index (χ3v) is 10.9.